The van der Waals surface area contributed by atoms with Gasteiger partial charge in [-0.1, -0.05) is 6.07 Å². The third-order valence-electron chi connectivity index (χ3n) is 4.93. The Morgan fingerprint density at radius 1 is 1.29 bits per heavy atom. The topological polar surface area (TPSA) is 78.2 Å². The Bertz CT molecular complexity index is 967. The average molecular weight is 376 g/mol. The minimum absolute atomic E-state index is 0.338. The summed E-state index contributed by atoms with van der Waals surface area (Å²) in [6.45, 7) is 6.16. The van der Waals surface area contributed by atoms with E-state index in [1.165, 1.54) is 0 Å². The third-order valence-corrected chi connectivity index (χ3v) is 4.93. The van der Waals surface area contributed by atoms with Gasteiger partial charge in [0.2, 0.25) is 0 Å². The van der Waals surface area contributed by atoms with Crippen LogP contribution in [-0.4, -0.2) is 23.2 Å². The summed E-state index contributed by atoms with van der Waals surface area (Å²) in [7, 11) is 0. The number of nitrogens with zero attached hydrogens (tertiary/aromatic N) is 3. The van der Waals surface area contributed by atoms with E-state index >= 15 is 0 Å². The number of anilines is 3. The minimum atomic E-state index is -0.537. The van der Waals surface area contributed by atoms with E-state index in [9.17, 15) is 10.1 Å². The fraction of sp³-hybridized carbons (Fsp3) is 0.409. The van der Waals surface area contributed by atoms with Crippen molar-refractivity contribution in [3.63, 3.8) is 0 Å². The first-order chi connectivity index (χ1) is 13.4. The molecule has 0 bridgehead atoms. The Hall–Kier alpha value is -3.07. The summed E-state index contributed by atoms with van der Waals surface area (Å²) < 4.78 is 5.53. The Balaban J connectivity index is 1.63. The molecule has 0 spiro atoms. The molecule has 0 unspecified atom stereocenters. The van der Waals surface area contributed by atoms with E-state index in [1.54, 1.807) is 4.90 Å². The summed E-state index contributed by atoms with van der Waals surface area (Å²) in [6, 6.07) is 11.8. The Morgan fingerprint density at radius 3 is 2.75 bits per heavy atom. The molecule has 0 radical (unpaired) electrons. The van der Waals surface area contributed by atoms with Crippen LogP contribution in [-0.2, 0) is 11.2 Å². The maximum absolute atomic E-state index is 12.5. The number of carbonyl (C=O) groups is 1. The molecule has 1 saturated carbocycles. The minimum Gasteiger partial charge on any atom is -0.443 e. The zero-order valence-corrected chi connectivity index (χ0v) is 16.5. The van der Waals surface area contributed by atoms with Crippen LogP contribution in [0.5, 0.6) is 0 Å². The maximum Gasteiger partial charge on any atom is 0.414 e. The van der Waals surface area contributed by atoms with E-state index in [0.717, 1.165) is 41.9 Å². The second-order valence-electron chi connectivity index (χ2n) is 8.33. The smallest absolute Gasteiger partial charge is 0.414 e. The highest BCUT2D eigenvalue weighted by atomic mass is 16.6. The lowest BCUT2D eigenvalue weighted by Gasteiger charge is -2.25. The number of benzene rings is 1. The van der Waals surface area contributed by atoms with Gasteiger partial charge in [0.25, 0.3) is 0 Å². The molecular formula is C22H24N4O2. The summed E-state index contributed by atoms with van der Waals surface area (Å²) >= 11 is 0. The van der Waals surface area contributed by atoms with Crippen molar-refractivity contribution in [3.05, 3.63) is 47.2 Å². The normalized spacial score (nSPS) is 15.7. The zero-order valence-electron chi connectivity index (χ0n) is 16.5. The summed E-state index contributed by atoms with van der Waals surface area (Å²) in [5.41, 5.74) is 3.77. The van der Waals surface area contributed by atoms with Gasteiger partial charge < -0.3 is 10.1 Å². The van der Waals surface area contributed by atoms with E-state index in [1.807, 2.05) is 51.1 Å². The first-order valence-corrected chi connectivity index (χ1v) is 9.66. The second-order valence-corrected chi connectivity index (χ2v) is 8.33. The lowest BCUT2D eigenvalue weighted by Crippen LogP contribution is -2.35. The number of aromatic nitrogens is 1. The second kappa shape index (κ2) is 6.83. The molecule has 144 valence electrons. The van der Waals surface area contributed by atoms with Crippen LogP contribution in [0.15, 0.2) is 30.3 Å². The van der Waals surface area contributed by atoms with Crippen molar-refractivity contribution in [1.82, 2.24) is 4.98 Å². The number of nitrogens with one attached hydrogen (secondary N) is 1. The van der Waals surface area contributed by atoms with Gasteiger partial charge in [-0.15, -0.1) is 0 Å². The third kappa shape index (κ3) is 3.65. The molecule has 1 amide bonds. The number of rotatable bonds is 3. The molecule has 4 rings (SSSR count). The van der Waals surface area contributed by atoms with Crippen LogP contribution < -0.4 is 10.2 Å². The molecule has 0 atom stereocenters. The number of amides is 1. The molecule has 28 heavy (non-hydrogen) atoms. The Morgan fingerprint density at radius 2 is 2.07 bits per heavy atom. The van der Waals surface area contributed by atoms with E-state index in [4.69, 9.17) is 9.72 Å². The van der Waals surface area contributed by atoms with Gasteiger partial charge in [-0.05, 0) is 64.3 Å². The zero-order chi connectivity index (χ0) is 19.9. The van der Waals surface area contributed by atoms with Gasteiger partial charge >= 0.3 is 6.09 Å². The van der Waals surface area contributed by atoms with Crippen molar-refractivity contribution in [1.29, 1.82) is 5.26 Å². The van der Waals surface area contributed by atoms with Gasteiger partial charge in [-0.2, -0.15) is 5.26 Å². The van der Waals surface area contributed by atoms with Gasteiger partial charge in [0, 0.05) is 29.4 Å². The first kappa shape index (κ1) is 18.3. The largest absolute Gasteiger partial charge is 0.443 e. The quantitative estimate of drug-likeness (QED) is 0.827. The van der Waals surface area contributed by atoms with Gasteiger partial charge in [0.1, 0.15) is 17.5 Å². The van der Waals surface area contributed by atoms with Crippen LogP contribution in [0, 0.1) is 11.3 Å². The lowest BCUT2D eigenvalue weighted by atomic mass is 10.1. The molecule has 2 heterocycles. The summed E-state index contributed by atoms with van der Waals surface area (Å²) in [6.07, 6.45) is 2.70. The predicted octanol–water partition coefficient (Wildman–Crippen LogP) is 4.87. The van der Waals surface area contributed by atoms with E-state index < -0.39 is 5.60 Å². The van der Waals surface area contributed by atoms with Crippen LogP contribution in [0.25, 0.3) is 0 Å². The molecule has 1 aromatic carbocycles. The summed E-state index contributed by atoms with van der Waals surface area (Å²) in [5, 5.41) is 12.8. The highest BCUT2D eigenvalue weighted by Crippen LogP contribution is 2.40. The number of nitriles is 1. The number of hydrogen-bond acceptors (Lipinski definition) is 5. The van der Waals surface area contributed by atoms with Crippen molar-refractivity contribution >= 4 is 23.3 Å². The monoisotopic (exact) mass is 376 g/mol. The molecule has 2 aromatic rings. The van der Waals surface area contributed by atoms with E-state index in [-0.39, 0.29) is 6.09 Å². The van der Waals surface area contributed by atoms with Crippen LogP contribution in [0.2, 0.25) is 0 Å². The molecule has 1 aliphatic heterocycles. The van der Waals surface area contributed by atoms with E-state index in [0.29, 0.717) is 23.8 Å². The highest BCUT2D eigenvalue weighted by Gasteiger charge is 2.31. The summed E-state index contributed by atoms with van der Waals surface area (Å²) in [5.74, 6) is 1.09. The van der Waals surface area contributed by atoms with Gasteiger partial charge in [0.05, 0.1) is 11.3 Å². The fourth-order valence-corrected chi connectivity index (χ4v) is 3.45. The number of carbonyl (C=O) groups excluding carboxylic acids is 1. The van der Waals surface area contributed by atoms with Gasteiger partial charge in [-0.3, -0.25) is 4.90 Å². The maximum atomic E-state index is 12.5. The first-order valence-electron chi connectivity index (χ1n) is 9.66. The fourth-order valence-electron chi connectivity index (χ4n) is 3.45. The van der Waals surface area contributed by atoms with Crippen molar-refractivity contribution in [2.75, 3.05) is 16.8 Å². The van der Waals surface area contributed by atoms with E-state index in [2.05, 4.69) is 11.4 Å². The van der Waals surface area contributed by atoms with Crippen LogP contribution in [0.4, 0.5) is 22.0 Å². The molecule has 6 nitrogen and oxygen atoms in total. The Kier molecular flexibility index (Phi) is 4.46. The SMILES string of the molecule is CC(C)(C)OC(=O)N1CCc2c(Nc3nc(C4CC4)ccc3C#N)cccc21. The van der Waals surface area contributed by atoms with Crippen LogP contribution in [0.1, 0.15) is 56.4 Å². The van der Waals surface area contributed by atoms with Crippen molar-refractivity contribution in [3.8, 4) is 6.07 Å². The number of pyridine rings is 1. The molecule has 1 N–H and O–H groups in total. The number of fused-ring (bicyclic) bond motifs is 1. The lowest BCUT2D eigenvalue weighted by molar-refractivity contribution is 0.0584. The number of hydrogen-bond donors (Lipinski definition) is 1. The molecular weight excluding hydrogens is 352 g/mol. The van der Waals surface area contributed by atoms with Crippen molar-refractivity contribution < 1.29 is 9.53 Å². The molecule has 0 saturated heterocycles. The van der Waals surface area contributed by atoms with Crippen molar-refractivity contribution in [2.45, 2.75) is 51.6 Å². The molecule has 1 fully saturated rings. The average Bonchev–Trinajstić information content (AvgIpc) is 3.39. The molecule has 2 aliphatic rings. The molecule has 1 aromatic heterocycles. The Labute approximate surface area is 165 Å². The van der Waals surface area contributed by atoms with Crippen molar-refractivity contribution in [2.24, 2.45) is 0 Å². The van der Waals surface area contributed by atoms with Crippen LogP contribution in [0.3, 0.4) is 0 Å². The summed E-state index contributed by atoms with van der Waals surface area (Å²) in [4.78, 5) is 18.9. The van der Waals surface area contributed by atoms with Gasteiger partial charge in [-0.25, -0.2) is 9.78 Å². The highest BCUT2D eigenvalue weighted by molar-refractivity contribution is 5.92. The standard InChI is InChI=1S/C22H24N4O2/c1-22(2,3)28-21(27)26-12-11-16-18(5-4-6-19(16)26)25-20-15(13-23)9-10-17(24-20)14-7-8-14/h4-6,9-10,14H,7-8,11-12H2,1-3H3,(H,24,25). The van der Waals surface area contributed by atoms with Crippen LogP contribution >= 0.6 is 0 Å². The molecule has 6 heteroatoms. The van der Waals surface area contributed by atoms with Gasteiger partial charge in [0.15, 0.2) is 0 Å². The number of ether oxygens (including phenoxy) is 1. The predicted molar refractivity (Wildman–Crippen MR) is 108 cm³/mol. The molecule has 1 aliphatic carbocycles.